The lowest BCUT2D eigenvalue weighted by atomic mass is 10.2. The molecule has 0 aliphatic rings. The van der Waals surface area contributed by atoms with Gasteiger partial charge in [0.15, 0.2) is 0 Å². The van der Waals surface area contributed by atoms with Crippen LogP contribution in [-0.2, 0) is 20.1 Å². The van der Waals surface area contributed by atoms with Crippen molar-refractivity contribution < 1.29 is 12.6 Å². The topological polar surface area (TPSA) is 43.4 Å². The van der Waals surface area contributed by atoms with Crippen molar-refractivity contribution in [2.75, 3.05) is 6.61 Å². The average Bonchev–Trinajstić information content (AvgIpc) is 2.16. The summed E-state index contributed by atoms with van der Waals surface area (Å²) in [7, 11) is -3.54. The first-order chi connectivity index (χ1) is 6.64. The highest BCUT2D eigenvalue weighted by Crippen LogP contribution is 2.06. The summed E-state index contributed by atoms with van der Waals surface area (Å²) in [6, 6.07) is 8.80. The Morgan fingerprint density at radius 1 is 1.29 bits per heavy atom. The molecule has 0 bridgehead atoms. The van der Waals surface area contributed by atoms with Crippen LogP contribution in [0.3, 0.4) is 0 Å². The monoisotopic (exact) mass is 210 g/mol. The van der Waals surface area contributed by atoms with E-state index in [2.05, 4.69) is 10.1 Å². The predicted octanol–water partition coefficient (Wildman–Crippen LogP) is 1.17. The van der Waals surface area contributed by atoms with E-state index in [1.54, 1.807) is 24.3 Å². The number of terminal acetylenes is 1. The zero-order valence-corrected chi connectivity index (χ0v) is 8.33. The quantitative estimate of drug-likeness (QED) is 0.553. The Hall–Kier alpha value is -1.31. The van der Waals surface area contributed by atoms with Crippen molar-refractivity contribution in [3.8, 4) is 12.3 Å². The third-order valence-corrected chi connectivity index (χ3v) is 2.67. The van der Waals surface area contributed by atoms with E-state index in [9.17, 15) is 8.42 Å². The maximum atomic E-state index is 11.2. The van der Waals surface area contributed by atoms with E-state index in [-0.39, 0.29) is 12.4 Å². The molecule has 0 N–H and O–H groups in total. The Balaban J connectivity index is 2.66. The standard InChI is InChI=1S/C10H10O3S/c1-2-8-13-14(11,12)9-10-6-4-3-5-7-10/h1,3-7H,8-9H2. The van der Waals surface area contributed by atoms with Gasteiger partial charge in [-0.15, -0.1) is 6.42 Å². The van der Waals surface area contributed by atoms with Crippen LogP contribution in [0.1, 0.15) is 5.56 Å². The van der Waals surface area contributed by atoms with E-state index in [1.807, 2.05) is 6.07 Å². The fourth-order valence-electron chi connectivity index (χ4n) is 0.944. The fraction of sp³-hybridized carbons (Fsp3) is 0.200. The summed E-state index contributed by atoms with van der Waals surface area (Å²) >= 11 is 0. The highest BCUT2D eigenvalue weighted by atomic mass is 32.2. The largest absolute Gasteiger partial charge is 0.272 e. The second-order valence-corrected chi connectivity index (χ2v) is 4.29. The molecule has 4 heteroatoms. The zero-order chi connectivity index (χ0) is 10.4. The Morgan fingerprint density at radius 3 is 2.50 bits per heavy atom. The van der Waals surface area contributed by atoms with Gasteiger partial charge in [-0.05, 0) is 5.56 Å². The van der Waals surface area contributed by atoms with Crippen LogP contribution in [0.2, 0.25) is 0 Å². The summed E-state index contributed by atoms with van der Waals surface area (Å²) in [5.74, 6) is 1.96. The van der Waals surface area contributed by atoms with Crippen LogP contribution in [0.5, 0.6) is 0 Å². The normalized spacial score (nSPS) is 10.8. The molecule has 0 aliphatic carbocycles. The molecule has 0 radical (unpaired) electrons. The minimum Gasteiger partial charge on any atom is -0.257 e. The Kier molecular flexibility index (Phi) is 3.69. The highest BCUT2D eigenvalue weighted by molar-refractivity contribution is 7.85. The number of hydrogen-bond acceptors (Lipinski definition) is 3. The SMILES string of the molecule is C#CCOS(=O)(=O)Cc1ccccc1. The number of hydrogen-bond donors (Lipinski definition) is 0. The van der Waals surface area contributed by atoms with Crippen molar-refractivity contribution in [1.82, 2.24) is 0 Å². The van der Waals surface area contributed by atoms with Crippen molar-refractivity contribution in [2.24, 2.45) is 0 Å². The highest BCUT2D eigenvalue weighted by Gasteiger charge is 2.10. The summed E-state index contributed by atoms with van der Waals surface area (Å²) in [5.41, 5.74) is 0.685. The molecule has 0 amide bonds. The summed E-state index contributed by atoms with van der Waals surface area (Å²) in [4.78, 5) is 0. The van der Waals surface area contributed by atoms with E-state index in [0.29, 0.717) is 5.56 Å². The summed E-state index contributed by atoms with van der Waals surface area (Å²) in [5, 5.41) is 0. The Labute approximate surface area is 83.8 Å². The minimum absolute atomic E-state index is 0.143. The molecule has 1 aromatic rings. The summed E-state index contributed by atoms with van der Waals surface area (Å²) in [6.45, 7) is -0.213. The van der Waals surface area contributed by atoms with Gasteiger partial charge in [0.05, 0.1) is 0 Å². The zero-order valence-electron chi connectivity index (χ0n) is 7.51. The lowest BCUT2D eigenvalue weighted by molar-refractivity contribution is 0.362. The first-order valence-electron chi connectivity index (χ1n) is 3.98. The summed E-state index contributed by atoms with van der Waals surface area (Å²) < 4.78 is 27.0. The maximum Gasteiger partial charge on any atom is 0.272 e. The van der Waals surface area contributed by atoms with Crippen molar-refractivity contribution in [3.63, 3.8) is 0 Å². The molecule has 0 aromatic heterocycles. The van der Waals surface area contributed by atoms with Crippen molar-refractivity contribution in [2.45, 2.75) is 5.75 Å². The second kappa shape index (κ2) is 4.80. The minimum atomic E-state index is -3.54. The van der Waals surface area contributed by atoms with E-state index >= 15 is 0 Å². The molecule has 0 atom stereocenters. The first kappa shape index (κ1) is 10.8. The van der Waals surface area contributed by atoms with Gasteiger partial charge in [-0.25, -0.2) is 0 Å². The molecule has 0 unspecified atom stereocenters. The molecular weight excluding hydrogens is 200 g/mol. The van der Waals surface area contributed by atoms with Gasteiger partial charge in [0.1, 0.15) is 12.4 Å². The first-order valence-corrected chi connectivity index (χ1v) is 5.56. The van der Waals surface area contributed by atoms with Crippen molar-refractivity contribution in [3.05, 3.63) is 35.9 Å². The van der Waals surface area contributed by atoms with Gasteiger partial charge >= 0.3 is 0 Å². The molecule has 3 nitrogen and oxygen atoms in total. The molecule has 0 aliphatic heterocycles. The molecule has 0 saturated heterocycles. The molecule has 74 valence electrons. The van der Waals surface area contributed by atoms with E-state index in [0.717, 1.165) is 0 Å². The van der Waals surface area contributed by atoms with Gasteiger partial charge in [0, 0.05) is 0 Å². The number of rotatable bonds is 4. The lowest BCUT2D eigenvalue weighted by Crippen LogP contribution is -2.08. The van der Waals surface area contributed by atoms with E-state index in [1.165, 1.54) is 0 Å². The molecule has 0 heterocycles. The molecule has 0 fully saturated rings. The van der Waals surface area contributed by atoms with Gasteiger partial charge in [0.2, 0.25) is 0 Å². The van der Waals surface area contributed by atoms with E-state index < -0.39 is 10.1 Å². The second-order valence-electron chi connectivity index (χ2n) is 2.65. The van der Waals surface area contributed by atoms with Crippen molar-refractivity contribution >= 4 is 10.1 Å². The molecule has 1 aromatic carbocycles. The van der Waals surface area contributed by atoms with Crippen LogP contribution in [0.15, 0.2) is 30.3 Å². The average molecular weight is 210 g/mol. The lowest BCUT2D eigenvalue weighted by Gasteiger charge is -2.02. The third-order valence-electron chi connectivity index (χ3n) is 1.51. The molecule has 1 rings (SSSR count). The van der Waals surface area contributed by atoms with Crippen LogP contribution in [0.4, 0.5) is 0 Å². The maximum absolute atomic E-state index is 11.2. The van der Waals surface area contributed by atoms with Gasteiger partial charge in [-0.1, -0.05) is 36.3 Å². The van der Waals surface area contributed by atoms with Gasteiger partial charge in [0.25, 0.3) is 10.1 Å². The fourth-order valence-corrected chi connectivity index (χ4v) is 1.88. The van der Waals surface area contributed by atoms with Crippen molar-refractivity contribution in [1.29, 1.82) is 0 Å². The van der Waals surface area contributed by atoms with E-state index in [4.69, 9.17) is 6.42 Å². The predicted molar refractivity (Wildman–Crippen MR) is 53.9 cm³/mol. The molecule has 0 saturated carbocycles. The third kappa shape index (κ3) is 3.60. The van der Waals surface area contributed by atoms with Crippen LogP contribution < -0.4 is 0 Å². The van der Waals surface area contributed by atoms with Crippen LogP contribution in [-0.4, -0.2) is 15.0 Å². The van der Waals surface area contributed by atoms with Crippen LogP contribution >= 0.6 is 0 Å². The van der Waals surface area contributed by atoms with Gasteiger partial charge in [-0.3, -0.25) is 4.18 Å². The smallest absolute Gasteiger partial charge is 0.257 e. The van der Waals surface area contributed by atoms with Gasteiger partial charge in [-0.2, -0.15) is 8.42 Å². The summed E-state index contributed by atoms with van der Waals surface area (Å²) in [6.07, 6.45) is 4.89. The van der Waals surface area contributed by atoms with Gasteiger partial charge < -0.3 is 0 Å². The molecular formula is C10H10O3S. The molecule has 0 spiro atoms. The van der Waals surface area contributed by atoms with Crippen LogP contribution in [0, 0.1) is 12.3 Å². The molecule has 14 heavy (non-hydrogen) atoms. The number of benzene rings is 1. The van der Waals surface area contributed by atoms with Crippen LogP contribution in [0.25, 0.3) is 0 Å². The Bertz CT molecular complexity index is 414. The Morgan fingerprint density at radius 2 is 1.93 bits per heavy atom.